The van der Waals surface area contributed by atoms with Crippen molar-refractivity contribution in [2.45, 2.75) is 103 Å². The Morgan fingerprint density at radius 1 is 0.935 bits per heavy atom. The summed E-state index contributed by atoms with van der Waals surface area (Å²) in [5, 5.41) is 0. The van der Waals surface area contributed by atoms with E-state index >= 15 is 0 Å². The minimum absolute atomic E-state index is 0.00807. The fourth-order valence-electron chi connectivity index (χ4n) is 6.89. The molecule has 1 amide bonds. The predicted molar refractivity (Wildman–Crippen MR) is 115 cm³/mol. The van der Waals surface area contributed by atoms with Gasteiger partial charge in [-0.15, -0.1) is 0 Å². The van der Waals surface area contributed by atoms with Crippen LogP contribution in [0.1, 0.15) is 85.5 Å². The molecule has 0 N–H and O–H groups in total. The highest BCUT2D eigenvalue weighted by Crippen LogP contribution is 2.49. The third-order valence-corrected chi connectivity index (χ3v) is 8.14. The summed E-state index contributed by atoms with van der Waals surface area (Å²) in [6, 6.07) is -0.203. The van der Waals surface area contributed by atoms with E-state index in [0.717, 1.165) is 38.5 Å². The van der Waals surface area contributed by atoms with Gasteiger partial charge < -0.3 is 9.64 Å². The van der Waals surface area contributed by atoms with Crippen molar-refractivity contribution in [3.05, 3.63) is 0 Å². The molecule has 0 aromatic rings. The molecule has 0 aromatic carbocycles. The van der Waals surface area contributed by atoms with Crippen LogP contribution in [0.4, 0.5) is 4.79 Å². The first-order valence-electron chi connectivity index (χ1n) is 12.2. The maximum absolute atomic E-state index is 13.2. The summed E-state index contributed by atoms with van der Waals surface area (Å²) in [6.07, 6.45) is 6.19. The minimum atomic E-state index is -0.600. The van der Waals surface area contributed by atoms with Crippen molar-refractivity contribution in [2.24, 2.45) is 29.6 Å². The molecule has 0 radical (unpaired) electrons. The van der Waals surface area contributed by atoms with Crippen LogP contribution in [0.2, 0.25) is 0 Å². The average Bonchev–Trinajstić information content (AvgIpc) is 2.66. The number of ether oxygens (including phenoxy) is 1. The van der Waals surface area contributed by atoms with Gasteiger partial charge in [-0.3, -0.25) is 14.4 Å². The number of fused-ring (bicyclic) bond motifs is 2. The van der Waals surface area contributed by atoms with E-state index in [1.165, 1.54) is 0 Å². The Labute approximate surface area is 185 Å². The van der Waals surface area contributed by atoms with Gasteiger partial charge in [0.25, 0.3) is 0 Å². The summed E-state index contributed by atoms with van der Waals surface area (Å²) >= 11 is 0. The van der Waals surface area contributed by atoms with Crippen molar-refractivity contribution >= 4 is 23.4 Å². The molecule has 0 spiro atoms. The Balaban J connectivity index is 1.60. The SMILES string of the molecule is C[C@H]1CC[C@H]2C(=O)C[C@@H]([C@@H]3C(=O)CC(=O)[C@@H]4CCCC[C@@H]34)C[C@H]2N1C(=O)OC(C)(C)C. The van der Waals surface area contributed by atoms with E-state index in [1.54, 1.807) is 4.90 Å². The molecule has 0 bridgehead atoms. The van der Waals surface area contributed by atoms with Crippen molar-refractivity contribution in [1.29, 1.82) is 0 Å². The lowest BCUT2D eigenvalue weighted by atomic mass is 9.57. The molecule has 4 rings (SSSR count). The molecule has 6 heteroatoms. The predicted octanol–water partition coefficient (Wildman–Crippen LogP) is 4.33. The summed E-state index contributed by atoms with van der Waals surface area (Å²) in [6.45, 7) is 7.59. The highest BCUT2D eigenvalue weighted by atomic mass is 16.6. The van der Waals surface area contributed by atoms with Crippen LogP contribution in [0.25, 0.3) is 0 Å². The maximum Gasteiger partial charge on any atom is 0.410 e. The van der Waals surface area contributed by atoms with E-state index < -0.39 is 5.60 Å². The van der Waals surface area contributed by atoms with Crippen molar-refractivity contribution in [3.63, 3.8) is 0 Å². The molecular formula is C25H37NO5. The number of likely N-dealkylation sites (tertiary alicyclic amines) is 1. The molecule has 3 aliphatic carbocycles. The van der Waals surface area contributed by atoms with Crippen LogP contribution >= 0.6 is 0 Å². The molecule has 0 unspecified atom stereocenters. The first kappa shape index (κ1) is 22.5. The number of hydrogen-bond donors (Lipinski definition) is 0. The Kier molecular flexibility index (Phi) is 6.04. The molecule has 1 saturated heterocycles. The van der Waals surface area contributed by atoms with E-state index in [1.807, 2.05) is 27.7 Å². The molecule has 172 valence electrons. The number of rotatable bonds is 1. The first-order valence-corrected chi connectivity index (χ1v) is 12.2. The quantitative estimate of drug-likeness (QED) is 0.577. The number of nitrogens with zero attached hydrogens (tertiary/aromatic N) is 1. The standard InChI is InChI=1S/C25H37NO5/c1-14-9-10-18-19(26(14)24(30)31-25(2,3)4)11-15(12-20(18)27)23-17-8-6-5-7-16(17)21(28)13-22(23)29/h14-19,23H,5-13H2,1-4H3/t14-,15-,16+,17+,18+,19+,23-/m0/s1. The number of amides is 1. The molecule has 4 fully saturated rings. The Morgan fingerprint density at radius 2 is 1.65 bits per heavy atom. The fourth-order valence-corrected chi connectivity index (χ4v) is 6.89. The number of piperidine rings is 1. The van der Waals surface area contributed by atoms with E-state index in [2.05, 4.69) is 0 Å². The summed E-state index contributed by atoms with van der Waals surface area (Å²) in [5.74, 6) is -0.0870. The van der Waals surface area contributed by atoms with Gasteiger partial charge in [-0.25, -0.2) is 4.79 Å². The van der Waals surface area contributed by atoms with Crippen LogP contribution in [0.3, 0.4) is 0 Å². The summed E-state index contributed by atoms with van der Waals surface area (Å²) in [4.78, 5) is 53.7. The van der Waals surface area contributed by atoms with E-state index in [4.69, 9.17) is 4.74 Å². The fraction of sp³-hybridized carbons (Fsp3) is 0.840. The van der Waals surface area contributed by atoms with Crippen molar-refractivity contribution in [3.8, 4) is 0 Å². The number of carbonyl (C=O) groups is 4. The van der Waals surface area contributed by atoms with Gasteiger partial charge in [0.15, 0.2) is 0 Å². The van der Waals surface area contributed by atoms with Gasteiger partial charge in [0.2, 0.25) is 0 Å². The van der Waals surface area contributed by atoms with Gasteiger partial charge in [-0.2, -0.15) is 0 Å². The highest BCUT2D eigenvalue weighted by molar-refractivity contribution is 6.04. The van der Waals surface area contributed by atoms with E-state index in [0.29, 0.717) is 12.8 Å². The summed E-state index contributed by atoms with van der Waals surface area (Å²) in [5.41, 5.74) is -0.600. The molecule has 6 nitrogen and oxygen atoms in total. The molecule has 0 aromatic heterocycles. The van der Waals surface area contributed by atoms with E-state index in [-0.39, 0.29) is 71.5 Å². The minimum Gasteiger partial charge on any atom is -0.444 e. The third-order valence-electron chi connectivity index (χ3n) is 8.14. The Bertz CT molecular complexity index is 768. The summed E-state index contributed by atoms with van der Waals surface area (Å²) in [7, 11) is 0. The maximum atomic E-state index is 13.2. The van der Waals surface area contributed by atoms with Crippen LogP contribution < -0.4 is 0 Å². The molecule has 31 heavy (non-hydrogen) atoms. The van der Waals surface area contributed by atoms with Gasteiger partial charge in [0, 0.05) is 36.3 Å². The van der Waals surface area contributed by atoms with Gasteiger partial charge >= 0.3 is 6.09 Å². The highest BCUT2D eigenvalue weighted by Gasteiger charge is 2.53. The van der Waals surface area contributed by atoms with Crippen LogP contribution in [0.15, 0.2) is 0 Å². The molecule has 7 atom stereocenters. The second-order valence-electron chi connectivity index (χ2n) is 11.3. The normalized spacial score (nSPS) is 39.0. The monoisotopic (exact) mass is 431 g/mol. The second-order valence-corrected chi connectivity index (χ2v) is 11.3. The van der Waals surface area contributed by atoms with Crippen LogP contribution in [-0.4, -0.2) is 46.0 Å². The molecule has 1 heterocycles. The number of hydrogen-bond acceptors (Lipinski definition) is 5. The Hall–Kier alpha value is -1.72. The van der Waals surface area contributed by atoms with Gasteiger partial charge in [0.1, 0.15) is 23.0 Å². The van der Waals surface area contributed by atoms with Crippen molar-refractivity contribution in [1.82, 2.24) is 4.90 Å². The van der Waals surface area contributed by atoms with Gasteiger partial charge in [0.05, 0.1) is 6.42 Å². The summed E-state index contributed by atoms with van der Waals surface area (Å²) < 4.78 is 5.70. The average molecular weight is 432 g/mol. The lowest BCUT2D eigenvalue weighted by Gasteiger charge is -2.51. The molecule has 1 aliphatic heterocycles. The van der Waals surface area contributed by atoms with Crippen LogP contribution in [0.5, 0.6) is 0 Å². The zero-order valence-electron chi connectivity index (χ0n) is 19.4. The second kappa shape index (κ2) is 8.32. The zero-order chi connectivity index (χ0) is 22.5. The first-order chi connectivity index (χ1) is 14.6. The molecule has 4 aliphatic rings. The largest absolute Gasteiger partial charge is 0.444 e. The molecule has 3 saturated carbocycles. The zero-order valence-corrected chi connectivity index (χ0v) is 19.4. The van der Waals surface area contributed by atoms with Crippen LogP contribution in [0, 0.1) is 29.6 Å². The topological polar surface area (TPSA) is 80.8 Å². The van der Waals surface area contributed by atoms with E-state index in [9.17, 15) is 19.2 Å². The van der Waals surface area contributed by atoms with Crippen molar-refractivity contribution < 1.29 is 23.9 Å². The van der Waals surface area contributed by atoms with Gasteiger partial charge in [-0.1, -0.05) is 12.8 Å². The van der Waals surface area contributed by atoms with Crippen molar-refractivity contribution in [2.75, 3.05) is 0 Å². The van der Waals surface area contributed by atoms with Gasteiger partial charge in [-0.05, 0) is 71.6 Å². The van der Waals surface area contributed by atoms with Crippen LogP contribution in [-0.2, 0) is 19.1 Å². The lowest BCUT2D eigenvalue weighted by molar-refractivity contribution is -0.146. The number of ketones is 3. The number of carbonyl (C=O) groups excluding carboxylic acids is 4. The Morgan fingerprint density at radius 3 is 2.35 bits per heavy atom. The third kappa shape index (κ3) is 4.31. The number of Topliss-reactive ketones (excluding diaryl/α,β-unsaturated/α-hetero) is 3. The smallest absolute Gasteiger partial charge is 0.410 e. The molecular weight excluding hydrogens is 394 g/mol. The lowest BCUT2D eigenvalue weighted by Crippen LogP contribution is -2.59.